The third-order valence-corrected chi connectivity index (χ3v) is 6.00. The fourth-order valence-electron chi connectivity index (χ4n) is 3.81. The lowest BCUT2D eigenvalue weighted by molar-refractivity contribution is 0.0734. The Morgan fingerprint density at radius 1 is 0.703 bits per heavy atom. The molecule has 0 atom stereocenters. The van der Waals surface area contributed by atoms with Crippen molar-refractivity contribution in [2.75, 3.05) is 6.61 Å². The summed E-state index contributed by atoms with van der Waals surface area (Å²) in [6, 6.07) is 19.2. The van der Waals surface area contributed by atoms with Gasteiger partial charge in [-0.1, -0.05) is 70.1 Å². The number of carbonyl (C=O) groups is 2. The summed E-state index contributed by atoms with van der Waals surface area (Å²) in [5, 5.41) is 0. The largest absolute Gasteiger partial charge is 0.494 e. The molecule has 0 saturated heterocycles. The smallest absolute Gasteiger partial charge is 0.343 e. The van der Waals surface area contributed by atoms with Crippen LogP contribution in [0.15, 0.2) is 78.9 Å². The van der Waals surface area contributed by atoms with E-state index in [9.17, 15) is 14.0 Å². The molecule has 0 aliphatic heterocycles. The molecule has 0 aliphatic rings. The van der Waals surface area contributed by atoms with Gasteiger partial charge in [0.15, 0.2) is 5.78 Å². The van der Waals surface area contributed by atoms with Gasteiger partial charge in [0.25, 0.3) is 0 Å². The molecule has 5 heteroatoms. The summed E-state index contributed by atoms with van der Waals surface area (Å²) >= 11 is 0. The molecule has 4 nitrogen and oxygen atoms in total. The van der Waals surface area contributed by atoms with Crippen LogP contribution >= 0.6 is 0 Å². The molecule has 0 N–H and O–H groups in total. The highest BCUT2D eigenvalue weighted by Gasteiger charge is 2.09. The van der Waals surface area contributed by atoms with Crippen molar-refractivity contribution >= 4 is 17.8 Å². The number of hydrogen-bond acceptors (Lipinski definition) is 4. The second-order valence-corrected chi connectivity index (χ2v) is 9.01. The minimum absolute atomic E-state index is 0.222. The molecule has 0 bridgehead atoms. The topological polar surface area (TPSA) is 52.6 Å². The summed E-state index contributed by atoms with van der Waals surface area (Å²) in [5.74, 6) is 0.0852. The quantitative estimate of drug-likeness (QED) is 0.0688. The van der Waals surface area contributed by atoms with Gasteiger partial charge >= 0.3 is 5.97 Å². The van der Waals surface area contributed by atoms with Crippen molar-refractivity contribution in [2.45, 2.75) is 58.3 Å². The van der Waals surface area contributed by atoms with Crippen molar-refractivity contribution < 1.29 is 23.5 Å². The van der Waals surface area contributed by atoms with Crippen LogP contribution in [0.3, 0.4) is 0 Å². The number of carbonyl (C=O) groups excluding carboxylic acids is 2. The average molecular weight is 503 g/mol. The van der Waals surface area contributed by atoms with Gasteiger partial charge < -0.3 is 9.47 Å². The maximum absolute atomic E-state index is 13.0. The first-order valence-electron chi connectivity index (χ1n) is 13.1. The van der Waals surface area contributed by atoms with Crippen LogP contribution in [-0.4, -0.2) is 18.4 Å². The van der Waals surface area contributed by atoms with E-state index in [4.69, 9.17) is 9.47 Å². The van der Waals surface area contributed by atoms with Gasteiger partial charge in [-0.3, -0.25) is 4.79 Å². The van der Waals surface area contributed by atoms with E-state index in [1.165, 1.54) is 75.3 Å². The number of esters is 1. The maximum atomic E-state index is 13.0. The Morgan fingerprint density at radius 3 is 1.92 bits per heavy atom. The normalized spacial score (nSPS) is 11.0. The zero-order chi connectivity index (χ0) is 26.3. The minimum atomic E-state index is -0.454. The monoisotopic (exact) mass is 502 g/mol. The van der Waals surface area contributed by atoms with Crippen LogP contribution in [0.2, 0.25) is 0 Å². The Morgan fingerprint density at radius 2 is 1.27 bits per heavy atom. The van der Waals surface area contributed by atoms with Crippen LogP contribution in [-0.2, 0) is 0 Å². The van der Waals surface area contributed by atoms with Crippen molar-refractivity contribution in [1.82, 2.24) is 0 Å². The number of ether oxygens (including phenoxy) is 2. The van der Waals surface area contributed by atoms with Gasteiger partial charge in [0, 0.05) is 5.56 Å². The summed E-state index contributed by atoms with van der Waals surface area (Å²) in [4.78, 5) is 24.7. The van der Waals surface area contributed by atoms with Gasteiger partial charge in [0.05, 0.1) is 12.2 Å². The molecule has 0 amide bonds. The number of hydrogen-bond donors (Lipinski definition) is 0. The highest BCUT2D eigenvalue weighted by molar-refractivity contribution is 6.06. The highest BCUT2D eigenvalue weighted by Crippen LogP contribution is 2.18. The van der Waals surface area contributed by atoms with E-state index in [1.807, 2.05) is 0 Å². The van der Waals surface area contributed by atoms with Crippen molar-refractivity contribution in [3.63, 3.8) is 0 Å². The fraction of sp³-hybridized carbons (Fsp3) is 0.312. The molecule has 0 spiro atoms. The first-order valence-corrected chi connectivity index (χ1v) is 13.1. The molecule has 3 aromatic rings. The second-order valence-electron chi connectivity index (χ2n) is 9.01. The second kappa shape index (κ2) is 15.4. The lowest BCUT2D eigenvalue weighted by atomic mass is 10.1. The van der Waals surface area contributed by atoms with Crippen LogP contribution < -0.4 is 9.47 Å². The lowest BCUT2D eigenvalue weighted by Crippen LogP contribution is -2.08. The first kappa shape index (κ1) is 27.9. The predicted molar refractivity (Wildman–Crippen MR) is 146 cm³/mol. The summed E-state index contributed by atoms with van der Waals surface area (Å²) < 4.78 is 24.2. The molecule has 37 heavy (non-hydrogen) atoms. The molecule has 3 aromatic carbocycles. The number of ketones is 1. The summed E-state index contributed by atoms with van der Waals surface area (Å²) in [6.07, 6.45) is 13.1. The molecule has 0 unspecified atom stereocenters. The summed E-state index contributed by atoms with van der Waals surface area (Å²) in [5.41, 5.74) is 1.62. The SMILES string of the molecule is CCCCCCCCCCOc1ccc(C(=O)Oc2ccc(/C=C/C(=O)c3ccc(F)cc3)cc2)cc1. The minimum Gasteiger partial charge on any atom is -0.494 e. The van der Waals surface area contributed by atoms with Crippen molar-refractivity contribution in [3.8, 4) is 11.5 Å². The van der Waals surface area contributed by atoms with Crippen LogP contribution in [0.4, 0.5) is 4.39 Å². The Balaban J connectivity index is 1.39. The van der Waals surface area contributed by atoms with E-state index < -0.39 is 5.97 Å². The van der Waals surface area contributed by atoms with Gasteiger partial charge in [-0.15, -0.1) is 0 Å². The number of halogens is 1. The third-order valence-electron chi connectivity index (χ3n) is 6.00. The maximum Gasteiger partial charge on any atom is 0.343 e. The molecule has 0 aliphatic carbocycles. The Kier molecular flexibility index (Phi) is 11.6. The van der Waals surface area contributed by atoms with E-state index in [1.54, 1.807) is 54.6 Å². The van der Waals surface area contributed by atoms with E-state index in [0.717, 1.165) is 17.7 Å². The molecule has 0 fully saturated rings. The van der Waals surface area contributed by atoms with Gasteiger partial charge in [0.2, 0.25) is 0 Å². The predicted octanol–water partition coefficient (Wildman–Crippen LogP) is 8.46. The standard InChI is InChI=1S/C32H35FO4/c1-2-3-4-5-6-7-8-9-24-36-29-21-15-27(16-22-29)32(35)37-30-19-10-25(11-20-30)12-23-31(34)26-13-17-28(33)18-14-26/h10-23H,2-9,24H2,1H3/b23-12+. The Bertz CT molecular complexity index is 1130. The van der Waals surface area contributed by atoms with E-state index in [-0.39, 0.29) is 11.6 Å². The Hall–Kier alpha value is -3.73. The molecule has 0 saturated carbocycles. The molecule has 0 radical (unpaired) electrons. The van der Waals surface area contributed by atoms with Crippen LogP contribution in [0, 0.1) is 5.82 Å². The zero-order valence-corrected chi connectivity index (χ0v) is 21.5. The highest BCUT2D eigenvalue weighted by atomic mass is 19.1. The zero-order valence-electron chi connectivity index (χ0n) is 21.5. The van der Waals surface area contributed by atoms with Crippen molar-refractivity contribution in [2.24, 2.45) is 0 Å². The molecule has 3 rings (SSSR count). The lowest BCUT2D eigenvalue weighted by Gasteiger charge is -2.08. The van der Waals surface area contributed by atoms with Crippen LogP contribution in [0.5, 0.6) is 11.5 Å². The number of rotatable bonds is 15. The van der Waals surface area contributed by atoms with Crippen LogP contribution in [0.1, 0.15) is 84.6 Å². The fourth-order valence-corrected chi connectivity index (χ4v) is 3.81. The molecule has 0 aromatic heterocycles. The number of benzene rings is 3. The van der Waals surface area contributed by atoms with Crippen molar-refractivity contribution in [3.05, 3.63) is 101 Å². The number of unbranched alkanes of at least 4 members (excludes halogenated alkanes) is 7. The number of allylic oxidation sites excluding steroid dienone is 1. The molecular formula is C32H35FO4. The van der Waals surface area contributed by atoms with Crippen molar-refractivity contribution in [1.29, 1.82) is 0 Å². The summed E-state index contributed by atoms with van der Waals surface area (Å²) in [6.45, 7) is 2.91. The van der Waals surface area contributed by atoms with Gasteiger partial charge in [0.1, 0.15) is 17.3 Å². The van der Waals surface area contributed by atoms with E-state index in [0.29, 0.717) is 23.5 Å². The van der Waals surface area contributed by atoms with Gasteiger partial charge in [-0.25, -0.2) is 9.18 Å². The third kappa shape index (κ3) is 10.0. The average Bonchev–Trinajstić information content (AvgIpc) is 2.92. The Labute approximate surface area is 219 Å². The van der Waals surface area contributed by atoms with E-state index in [2.05, 4.69) is 6.92 Å². The first-order chi connectivity index (χ1) is 18.0. The molecule has 0 heterocycles. The van der Waals surface area contributed by atoms with Gasteiger partial charge in [-0.05, 0) is 78.7 Å². The summed E-state index contributed by atoms with van der Waals surface area (Å²) in [7, 11) is 0. The molecular weight excluding hydrogens is 467 g/mol. The molecule has 194 valence electrons. The van der Waals surface area contributed by atoms with Gasteiger partial charge in [-0.2, -0.15) is 0 Å². The van der Waals surface area contributed by atoms with E-state index >= 15 is 0 Å². The van der Waals surface area contributed by atoms with Crippen LogP contribution in [0.25, 0.3) is 6.08 Å².